The van der Waals surface area contributed by atoms with Gasteiger partial charge >= 0.3 is 0 Å². The van der Waals surface area contributed by atoms with Gasteiger partial charge in [-0.1, -0.05) is 18.5 Å². The molecule has 2 rings (SSSR count). The van der Waals surface area contributed by atoms with Gasteiger partial charge in [0.1, 0.15) is 11.0 Å². The van der Waals surface area contributed by atoms with Crippen molar-refractivity contribution in [2.24, 2.45) is 7.05 Å². The summed E-state index contributed by atoms with van der Waals surface area (Å²) in [4.78, 5) is 16.2. The molecule has 1 aromatic heterocycles. The third-order valence-electron chi connectivity index (χ3n) is 3.67. The summed E-state index contributed by atoms with van der Waals surface area (Å²) in [6.45, 7) is 2.39. The Morgan fingerprint density at radius 2 is 2.09 bits per heavy atom. The lowest BCUT2D eigenvalue weighted by atomic mass is 10.1. The van der Waals surface area contributed by atoms with Gasteiger partial charge in [0, 0.05) is 18.3 Å². The van der Waals surface area contributed by atoms with E-state index in [9.17, 15) is 4.79 Å². The van der Waals surface area contributed by atoms with Crippen molar-refractivity contribution in [2.45, 2.75) is 25.9 Å². The predicted octanol–water partition coefficient (Wildman–Crippen LogP) is 2.19. The number of halogens is 1. The lowest BCUT2D eigenvalue weighted by Crippen LogP contribution is -2.36. The number of hydrogen-bond donors (Lipinski definition) is 3. The molecule has 0 spiro atoms. The van der Waals surface area contributed by atoms with Crippen molar-refractivity contribution in [1.82, 2.24) is 14.9 Å². The van der Waals surface area contributed by atoms with Crippen molar-refractivity contribution in [3.8, 4) is 0 Å². The minimum absolute atomic E-state index is 0.0614. The van der Waals surface area contributed by atoms with Crippen molar-refractivity contribution in [3.05, 3.63) is 47.0 Å². The molecule has 7 heteroatoms. The first-order chi connectivity index (χ1) is 11.0. The molecule has 0 aliphatic heterocycles. The Hall–Kier alpha value is -2.05. The van der Waals surface area contributed by atoms with E-state index in [1.807, 2.05) is 26.1 Å². The molecule has 0 radical (unpaired) electrons. The van der Waals surface area contributed by atoms with Crippen molar-refractivity contribution in [2.75, 3.05) is 11.9 Å². The van der Waals surface area contributed by atoms with E-state index in [0.717, 1.165) is 11.5 Å². The van der Waals surface area contributed by atoms with Crippen LogP contribution in [0.15, 0.2) is 30.5 Å². The molecule has 124 valence electrons. The van der Waals surface area contributed by atoms with Crippen molar-refractivity contribution in [3.63, 3.8) is 0 Å². The summed E-state index contributed by atoms with van der Waals surface area (Å²) in [7, 11) is 1.85. The van der Waals surface area contributed by atoms with Gasteiger partial charge in [-0.2, -0.15) is 0 Å². The molecule has 0 saturated carbocycles. The van der Waals surface area contributed by atoms with Gasteiger partial charge in [-0.25, -0.2) is 4.98 Å². The van der Waals surface area contributed by atoms with Gasteiger partial charge in [-0.05, 0) is 30.7 Å². The Balaban J connectivity index is 1.94. The van der Waals surface area contributed by atoms with Gasteiger partial charge in [0.15, 0.2) is 0 Å². The normalized spacial score (nSPS) is 12.0. The summed E-state index contributed by atoms with van der Waals surface area (Å²) in [5.41, 5.74) is 1.44. The number of aromatic nitrogens is 2. The van der Waals surface area contributed by atoms with Crippen LogP contribution in [0.2, 0.25) is 5.15 Å². The van der Waals surface area contributed by atoms with Crippen LogP contribution in [-0.4, -0.2) is 33.2 Å². The second kappa shape index (κ2) is 7.99. The number of hydrogen-bond acceptors (Lipinski definition) is 4. The molecule has 1 aromatic carbocycles. The molecule has 1 atom stereocenters. The summed E-state index contributed by atoms with van der Waals surface area (Å²) < 4.78 is 1.80. The molecule has 0 aliphatic carbocycles. The van der Waals surface area contributed by atoms with Gasteiger partial charge < -0.3 is 20.3 Å². The van der Waals surface area contributed by atoms with Crippen LogP contribution in [0.4, 0.5) is 5.69 Å². The van der Waals surface area contributed by atoms with E-state index in [1.54, 1.807) is 22.9 Å². The molecule has 2 aromatic rings. The number of anilines is 1. The standard InChI is InChI=1S/C16H21ClN4O2/c1-3-12(10-22)20-16(23)11-4-6-13(7-5-11)18-9-15-19-8-14(17)21(15)2/h4-8,12,18,22H,3,9-10H2,1-2H3,(H,20,23). The second-order valence-corrected chi connectivity index (χ2v) is 5.64. The maximum atomic E-state index is 12.0. The Kier molecular flexibility index (Phi) is 6.01. The largest absolute Gasteiger partial charge is 0.394 e. The Labute approximate surface area is 140 Å². The highest BCUT2D eigenvalue weighted by Crippen LogP contribution is 2.13. The summed E-state index contributed by atoms with van der Waals surface area (Å²) in [5, 5.41) is 15.7. The number of nitrogens with zero attached hydrogens (tertiary/aromatic N) is 2. The van der Waals surface area contributed by atoms with Crippen LogP contribution < -0.4 is 10.6 Å². The number of carbonyl (C=O) groups excluding carboxylic acids is 1. The van der Waals surface area contributed by atoms with Crippen LogP contribution in [0.3, 0.4) is 0 Å². The lowest BCUT2D eigenvalue weighted by Gasteiger charge is -2.14. The van der Waals surface area contributed by atoms with E-state index in [0.29, 0.717) is 23.7 Å². The first-order valence-electron chi connectivity index (χ1n) is 7.46. The number of amides is 1. The molecule has 0 saturated heterocycles. The van der Waals surface area contributed by atoms with Gasteiger partial charge in [-0.15, -0.1) is 0 Å². The summed E-state index contributed by atoms with van der Waals surface area (Å²) in [5.74, 6) is 0.638. The SMILES string of the molecule is CCC(CO)NC(=O)c1ccc(NCc2ncc(Cl)n2C)cc1. The van der Waals surface area contributed by atoms with Crippen LogP contribution in [0.25, 0.3) is 0 Å². The zero-order chi connectivity index (χ0) is 16.8. The molecule has 23 heavy (non-hydrogen) atoms. The third kappa shape index (κ3) is 4.46. The minimum atomic E-state index is -0.214. The van der Waals surface area contributed by atoms with E-state index in [1.165, 1.54) is 0 Å². The quantitative estimate of drug-likeness (QED) is 0.724. The number of nitrogens with one attached hydrogen (secondary N) is 2. The highest BCUT2D eigenvalue weighted by molar-refractivity contribution is 6.29. The number of benzene rings is 1. The molecular formula is C16H21ClN4O2. The van der Waals surface area contributed by atoms with Gasteiger partial charge in [0.25, 0.3) is 5.91 Å². The minimum Gasteiger partial charge on any atom is -0.394 e. The molecular weight excluding hydrogens is 316 g/mol. The highest BCUT2D eigenvalue weighted by Gasteiger charge is 2.11. The molecule has 1 unspecified atom stereocenters. The fraction of sp³-hybridized carbons (Fsp3) is 0.375. The smallest absolute Gasteiger partial charge is 0.251 e. The zero-order valence-electron chi connectivity index (χ0n) is 13.2. The zero-order valence-corrected chi connectivity index (χ0v) is 14.0. The Bertz CT molecular complexity index is 651. The first kappa shape index (κ1) is 17.3. The fourth-order valence-electron chi connectivity index (χ4n) is 2.05. The number of imidazole rings is 1. The number of aliphatic hydroxyl groups is 1. The third-order valence-corrected chi connectivity index (χ3v) is 4.02. The molecule has 0 bridgehead atoms. The predicted molar refractivity (Wildman–Crippen MR) is 90.6 cm³/mol. The topological polar surface area (TPSA) is 79.2 Å². The Morgan fingerprint density at radius 3 is 2.61 bits per heavy atom. The number of aliphatic hydroxyl groups excluding tert-OH is 1. The van der Waals surface area contributed by atoms with Gasteiger partial charge in [0.2, 0.25) is 0 Å². The highest BCUT2D eigenvalue weighted by atomic mass is 35.5. The maximum absolute atomic E-state index is 12.0. The van der Waals surface area contributed by atoms with Crippen LogP contribution >= 0.6 is 11.6 Å². The van der Waals surface area contributed by atoms with Crippen LogP contribution in [0.1, 0.15) is 29.5 Å². The van der Waals surface area contributed by atoms with Crippen molar-refractivity contribution < 1.29 is 9.90 Å². The van der Waals surface area contributed by atoms with Gasteiger partial charge in [-0.3, -0.25) is 4.79 Å². The molecule has 0 aliphatic rings. The molecule has 1 amide bonds. The summed E-state index contributed by atoms with van der Waals surface area (Å²) in [6.07, 6.45) is 2.30. The van der Waals surface area contributed by atoms with E-state index in [2.05, 4.69) is 15.6 Å². The van der Waals surface area contributed by atoms with Crippen molar-refractivity contribution in [1.29, 1.82) is 0 Å². The lowest BCUT2D eigenvalue weighted by molar-refractivity contribution is 0.0915. The van der Waals surface area contributed by atoms with Crippen molar-refractivity contribution >= 4 is 23.2 Å². The first-order valence-corrected chi connectivity index (χ1v) is 7.84. The number of rotatable bonds is 7. The molecule has 1 heterocycles. The van der Waals surface area contributed by atoms with E-state index in [-0.39, 0.29) is 18.6 Å². The molecule has 3 N–H and O–H groups in total. The van der Waals surface area contributed by atoms with Gasteiger partial charge in [0.05, 0.1) is 25.4 Å². The number of carbonyl (C=O) groups is 1. The van der Waals surface area contributed by atoms with E-state index < -0.39 is 0 Å². The summed E-state index contributed by atoms with van der Waals surface area (Å²) >= 11 is 5.94. The maximum Gasteiger partial charge on any atom is 0.251 e. The van der Waals surface area contributed by atoms with Crippen LogP contribution in [0, 0.1) is 0 Å². The fourth-order valence-corrected chi connectivity index (χ4v) is 2.20. The molecule has 6 nitrogen and oxygen atoms in total. The van der Waals surface area contributed by atoms with E-state index >= 15 is 0 Å². The summed E-state index contributed by atoms with van der Waals surface area (Å²) in [6, 6.07) is 6.94. The molecule has 0 fully saturated rings. The second-order valence-electron chi connectivity index (χ2n) is 5.25. The van der Waals surface area contributed by atoms with E-state index in [4.69, 9.17) is 16.7 Å². The Morgan fingerprint density at radius 1 is 1.39 bits per heavy atom. The van der Waals surface area contributed by atoms with Crippen LogP contribution in [0.5, 0.6) is 0 Å². The average Bonchev–Trinajstić information content (AvgIpc) is 2.90. The average molecular weight is 337 g/mol. The monoisotopic (exact) mass is 336 g/mol. The van der Waals surface area contributed by atoms with Crippen LogP contribution in [-0.2, 0) is 13.6 Å².